The second-order valence-corrected chi connectivity index (χ2v) is 7.77. The molecule has 144 valence electrons. The monoisotopic (exact) mass is 385 g/mol. The van der Waals surface area contributed by atoms with Crippen molar-refractivity contribution in [1.82, 2.24) is 19.7 Å². The normalized spacial score (nSPS) is 11.4. The molecule has 1 aromatic carbocycles. The van der Waals surface area contributed by atoms with Crippen molar-refractivity contribution in [2.75, 3.05) is 32.1 Å². The zero-order chi connectivity index (χ0) is 19.4. The Kier molecular flexibility index (Phi) is 6.23. The van der Waals surface area contributed by atoms with Gasteiger partial charge in [-0.3, -0.25) is 14.4 Å². The van der Waals surface area contributed by atoms with Crippen molar-refractivity contribution >= 4 is 32.6 Å². The number of carbonyl (C=O) groups excluding carboxylic acids is 1. The number of anilines is 1. The van der Waals surface area contributed by atoms with Gasteiger partial charge in [0.05, 0.1) is 10.2 Å². The van der Waals surface area contributed by atoms with Gasteiger partial charge in [-0.25, -0.2) is 4.98 Å². The fourth-order valence-electron chi connectivity index (χ4n) is 3.13. The molecular formula is C20H27N5OS. The topological polar surface area (TPSA) is 54.3 Å². The summed E-state index contributed by atoms with van der Waals surface area (Å²) in [5.41, 5.74) is 2.83. The smallest absolute Gasteiger partial charge is 0.278 e. The number of aromatic nitrogens is 3. The largest absolute Gasteiger partial charge is 0.309 e. The van der Waals surface area contributed by atoms with Crippen LogP contribution in [0.3, 0.4) is 0 Å². The lowest BCUT2D eigenvalue weighted by atomic mass is 10.1. The van der Waals surface area contributed by atoms with Crippen molar-refractivity contribution in [3.05, 3.63) is 41.7 Å². The van der Waals surface area contributed by atoms with Gasteiger partial charge in [0, 0.05) is 19.3 Å². The van der Waals surface area contributed by atoms with E-state index in [9.17, 15) is 4.79 Å². The number of aryl methyl sites for hydroxylation is 2. The zero-order valence-electron chi connectivity index (χ0n) is 16.5. The lowest BCUT2D eigenvalue weighted by Gasteiger charge is -2.21. The Morgan fingerprint density at radius 2 is 2.00 bits per heavy atom. The van der Waals surface area contributed by atoms with Gasteiger partial charge >= 0.3 is 0 Å². The van der Waals surface area contributed by atoms with Gasteiger partial charge < -0.3 is 4.90 Å². The van der Waals surface area contributed by atoms with Gasteiger partial charge in [0.1, 0.15) is 5.69 Å². The summed E-state index contributed by atoms with van der Waals surface area (Å²) in [4.78, 5) is 22.1. The molecule has 0 aliphatic heterocycles. The molecule has 2 aromatic heterocycles. The van der Waals surface area contributed by atoms with Crippen LogP contribution in [0.25, 0.3) is 10.2 Å². The number of para-hydroxylation sites is 1. The predicted octanol–water partition coefficient (Wildman–Crippen LogP) is 3.67. The molecular weight excluding hydrogens is 358 g/mol. The van der Waals surface area contributed by atoms with E-state index in [0.29, 0.717) is 18.8 Å². The number of hydrogen-bond donors (Lipinski definition) is 0. The van der Waals surface area contributed by atoms with E-state index in [4.69, 9.17) is 4.98 Å². The third-order valence-corrected chi connectivity index (χ3v) is 5.61. The van der Waals surface area contributed by atoms with E-state index in [1.54, 1.807) is 28.3 Å². The Hall–Kier alpha value is -2.25. The van der Waals surface area contributed by atoms with E-state index >= 15 is 0 Å². The number of rotatable bonds is 8. The maximum absolute atomic E-state index is 13.3. The third kappa shape index (κ3) is 4.20. The fourth-order valence-corrected chi connectivity index (χ4v) is 4.17. The summed E-state index contributed by atoms with van der Waals surface area (Å²) in [7, 11) is 4.09. The van der Waals surface area contributed by atoms with Crippen LogP contribution in [0.2, 0.25) is 0 Å². The van der Waals surface area contributed by atoms with Crippen LogP contribution in [0.15, 0.2) is 30.5 Å². The molecule has 0 saturated carbocycles. The number of hydrogen-bond acceptors (Lipinski definition) is 5. The number of carbonyl (C=O) groups is 1. The standard InChI is InChI=1S/C20H27N5OS/c1-5-15-9-7-10-17-18(15)22-20(27-17)24(14-8-13-23(3)4)19(26)16-11-12-21-25(16)6-2/h7,9-12H,5-6,8,13-14H2,1-4H3. The summed E-state index contributed by atoms with van der Waals surface area (Å²) < 4.78 is 2.87. The first-order valence-electron chi connectivity index (χ1n) is 9.42. The van der Waals surface area contributed by atoms with E-state index in [-0.39, 0.29) is 5.91 Å². The molecule has 0 aliphatic carbocycles. The SMILES string of the molecule is CCc1cccc2sc(N(CCCN(C)C)C(=O)c3ccnn3CC)nc12. The zero-order valence-corrected chi connectivity index (χ0v) is 17.3. The highest BCUT2D eigenvalue weighted by Crippen LogP contribution is 2.32. The highest BCUT2D eigenvalue weighted by atomic mass is 32.1. The first-order valence-corrected chi connectivity index (χ1v) is 10.2. The van der Waals surface area contributed by atoms with Crippen molar-refractivity contribution in [3.8, 4) is 0 Å². The Balaban J connectivity index is 1.97. The molecule has 0 spiro atoms. The summed E-state index contributed by atoms with van der Waals surface area (Å²) in [6.07, 6.45) is 3.50. The molecule has 0 saturated heterocycles. The molecule has 0 atom stereocenters. The van der Waals surface area contributed by atoms with Crippen molar-refractivity contribution < 1.29 is 4.79 Å². The minimum Gasteiger partial charge on any atom is -0.309 e. The molecule has 1 amide bonds. The summed E-state index contributed by atoms with van der Waals surface area (Å²) in [5, 5.41) is 5.02. The van der Waals surface area contributed by atoms with Crippen molar-refractivity contribution in [1.29, 1.82) is 0 Å². The van der Waals surface area contributed by atoms with Crippen molar-refractivity contribution in [2.24, 2.45) is 0 Å². The molecule has 2 heterocycles. The van der Waals surface area contributed by atoms with Crippen LogP contribution in [-0.2, 0) is 13.0 Å². The van der Waals surface area contributed by atoms with Gasteiger partial charge in [0.25, 0.3) is 5.91 Å². The average molecular weight is 386 g/mol. The van der Waals surface area contributed by atoms with Crippen LogP contribution in [0.4, 0.5) is 5.13 Å². The first kappa shape index (κ1) is 19.5. The minimum atomic E-state index is -0.0368. The summed E-state index contributed by atoms with van der Waals surface area (Å²) >= 11 is 1.58. The maximum Gasteiger partial charge on any atom is 0.278 e. The average Bonchev–Trinajstić information content (AvgIpc) is 3.30. The van der Waals surface area contributed by atoms with Gasteiger partial charge in [-0.2, -0.15) is 5.10 Å². The molecule has 0 unspecified atom stereocenters. The van der Waals surface area contributed by atoms with Gasteiger partial charge in [-0.15, -0.1) is 0 Å². The Bertz CT molecular complexity index is 914. The lowest BCUT2D eigenvalue weighted by molar-refractivity contribution is 0.0975. The van der Waals surface area contributed by atoms with Crippen LogP contribution < -0.4 is 4.90 Å². The van der Waals surface area contributed by atoms with E-state index in [2.05, 4.69) is 35.1 Å². The number of amides is 1. The second kappa shape index (κ2) is 8.63. The second-order valence-electron chi connectivity index (χ2n) is 6.76. The molecule has 7 heteroatoms. The van der Waals surface area contributed by atoms with Crippen LogP contribution in [0.5, 0.6) is 0 Å². The number of nitrogens with zero attached hydrogens (tertiary/aromatic N) is 5. The van der Waals surface area contributed by atoms with Crippen LogP contribution in [0.1, 0.15) is 36.3 Å². The highest BCUT2D eigenvalue weighted by molar-refractivity contribution is 7.22. The molecule has 0 radical (unpaired) electrons. The van der Waals surface area contributed by atoms with E-state index in [0.717, 1.165) is 34.7 Å². The van der Waals surface area contributed by atoms with Crippen LogP contribution in [-0.4, -0.2) is 52.8 Å². The molecule has 27 heavy (non-hydrogen) atoms. The van der Waals surface area contributed by atoms with Crippen molar-refractivity contribution in [3.63, 3.8) is 0 Å². The number of thiazole rings is 1. The first-order chi connectivity index (χ1) is 13.0. The number of benzene rings is 1. The Labute approximate surface area is 164 Å². The van der Waals surface area contributed by atoms with Crippen molar-refractivity contribution in [2.45, 2.75) is 33.2 Å². The van der Waals surface area contributed by atoms with Gasteiger partial charge in [-0.1, -0.05) is 30.4 Å². The minimum absolute atomic E-state index is 0.0368. The maximum atomic E-state index is 13.3. The Morgan fingerprint density at radius 1 is 1.19 bits per heavy atom. The lowest BCUT2D eigenvalue weighted by Crippen LogP contribution is -2.34. The molecule has 0 N–H and O–H groups in total. The highest BCUT2D eigenvalue weighted by Gasteiger charge is 2.24. The Morgan fingerprint density at radius 3 is 2.70 bits per heavy atom. The van der Waals surface area contributed by atoms with Gasteiger partial charge in [0.2, 0.25) is 0 Å². The van der Waals surface area contributed by atoms with E-state index < -0.39 is 0 Å². The van der Waals surface area contributed by atoms with Gasteiger partial charge in [-0.05, 0) is 58.1 Å². The molecule has 0 fully saturated rings. The van der Waals surface area contributed by atoms with E-state index in [1.807, 2.05) is 25.9 Å². The van der Waals surface area contributed by atoms with E-state index in [1.165, 1.54) is 5.56 Å². The molecule has 0 aliphatic rings. The fraction of sp³-hybridized carbons (Fsp3) is 0.450. The predicted molar refractivity (Wildman–Crippen MR) is 112 cm³/mol. The van der Waals surface area contributed by atoms with Crippen LogP contribution >= 0.6 is 11.3 Å². The quantitative estimate of drug-likeness (QED) is 0.594. The van der Waals surface area contributed by atoms with Gasteiger partial charge in [0.15, 0.2) is 5.13 Å². The van der Waals surface area contributed by atoms with Crippen LogP contribution in [0, 0.1) is 0 Å². The molecule has 3 rings (SSSR count). The summed E-state index contributed by atoms with van der Waals surface area (Å²) in [5.74, 6) is -0.0368. The molecule has 6 nitrogen and oxygen atoms in total. The molecule has 0 bridgehead atoms. The summed E-state index contributed by atoms with van der Waals surface area (Å²) in [6.45, 7) is 6.34. The third-order valence-electron chi connectivity index (χ3n) is 4.57. The summed E-state index contributed by atoms with van der Waals surface area (Å²) in [6, 6.07) is 8.04. The molecule has 3 aromatic rings. The number of fused-ring (bicyclic) bond motifs is 1.